The number of fused-ring (bicyclic) bond motifs is 2. The fraction of sp³-hybridized carbons (Fsp3) is 0.917. The van der Waals surface area contributed by atoms with Crippen molar-refractivity contribution in [3.05, 3.63) is 0 Å². The van der Waals surface area contributed by atoms with Gasteiger partial charge in [-0.3, -0.25) is 4.90 Å². The molecule has 17 heavy (non-hydrogen) atoms. The normalized spacial score (nSPS) is 32.7. The number of rotatable bonds is 1. The van der Waals surface area contributed by atoms with Crippen LogP contribution in [0, 0.1) is 5.92 Å². The summed E-state index contributed by atoms with van der Waals surface area (Å²) in [7, 11) is 0. The first-order chi connectivity index (χ1) is 7.92. The molecular weight excluding hydrogens is 222 g/mol. The molecule has 3 atom stereocenters. The predicted molar refractivity (Wildman–Crippen MR) is 61.7 cm³/mol. The number of ether oxygens (including phenoxy) is 2. The molecule has 5 nitrogen and oxygen atoms in total. The highest BCUT2D eigenvalue weighted by Crippen LogP contribution is 2.34. The summed E-state index contributed by atoms with van der Waals surface area (Å²) in [6.07, 6.45) is 0.521. The fourth-order valence-corrected chi connectivity index (χ4v) is 2.60. The van der Waals surface area contributed by atoms with E-state index in [0.29, 0.717) is 13.2 Å². The first kappa shape index (κ1) is 12.6. The summed E-state index contributed by atoms with van der Waals surface area (Å²) in [5.74, 6) is 0.120. The van der Waals surface area contributed by atoms with E-state index < -0.39 is 5.60 Å². The minimum atomic E-state index is -0.483. The van der Waals surface area contributed by atoms with Crippen LogP contribution < -0.4 is 0 Å². The van der Waals surface area contributed by atoms with Crippen molar-refractivity contribution in [3.63, 3.8) is 0 Å². The Morgan fingerprint density at radius 2 is 2.18 bits per heavy atom. The number of carbonyl (C=O) groups is 1. The molecule has 0 aliphatic carbocycles. The van der Waals surface area contributed by atoms with Crippen molar-refractivity contribution in [2.24, 2.45) is 5.92 Å². The SMILES string of the molecule is CC(C)(C)OC(=O)N1C2COCC1C(CO)C2. The van der Waals surface area contributed by atoms with Gasteiger partial charge in [-0.25, -0.2) is 4.79 Å². The highest BCUT2D eigenvalue weighted by Gasteiger charge is 2.47. The first-order valence-corrected chi connectivity index (χ1v) is 6.12. The van der Waals surface area contributed by atoms with Crippen LogP contribution in [0.5, 0.6) is 0 Å². The second-order valence-corrected chi connectivity index (χ2v) is 5.82. The van der Waals surface area contributed by atoms with Gasteiger partial charge in [0.25, 0.3) is 0 Å². The van der Waals surface area contributed by atoms with Gasteiger partial charge in [0.05, 0.1) is 25.3 Å². The molecule has 2 bridgehead atoms. The van der Waals surface area contributed by atoms with Crippen LogP contribution >= 0.6 is 0 Å². The third kappa shape index (κ3) is 2.55. The van der Waals surface area contributed by atoms with Crippen molar-refractivity contribution in [3.8, 4) is 0 Å². The Kier molecular flexibility index (Phi) is 3.32. The van der Waals surface area contributed by atoms with Crippen molar-refractivity contribution in [2.45, 2.75) is 44.9 Å². The fourth-order valence-electron chi connectivity index (χ4n) is 2.60. The van der Waals surface area contributed by atoms with Crippen LogP contribution in [0.25, 0.3) is 0 Å². The zero-order valence-corrected chi connectivity index (χ0v) is 10.7. The molecule has 98 valence electrons. The molecule has 0 aromatic heterocycles. The van der Waals surface area contributed by atoms with Gasteiger partial charge >= 0.3 is 6.09 Å². The molecular formula is C12H21NO4. The zero-order chi connectivity index (χ0) is 12.6. The lowest BCUT2D eigenvalue weighted by molar-refractivity contribution is -0.0424. The molecule has 1 amide bonds. The molecule has 0 saturated carbocycles. The lowest BCUT2D eigenvalue weighted by atomic mass is 10.0. The third-order valence-corrected chi connectivity index (χ3v) is 3.31. The Morgan fingerprint density at radius 3 is 2.76 bits per heavy atom. The smallest absolute Gasteiger partial charge is 0.410 e. The molecule has 0 radical (unpaired) electrons. The van der Waals surface area contributed by atoms with E-state index in [0.717, 1.165) is 6.42 Å². The number of aliphatic hydroxyl groups excluding tert-OH is 1. The Labute approximate surface area is 102 Å². The summed E-state index contributed by atoms with van der Waals surface area (Å²) in [6, 6.07) is 0.0225. The van der Waals surface area contributed by atoms with E-state index in [1.807, 2.05) is 20.8 Å². The topological polar surface area (TPSA) is 59.0 Å². The summed E-state index contributed by atoms with van der Waals surface area (Å²) < 4.78 is 10.8. The van der Waals surface area contributed by atoms with Crippen LogP contribution in [-0.2, 0) is 9.47 Å². The summed E-state index contributed by atoms with van der Waals surface area (Å²) in [4.78, 5) is 13.9. The Morgan fingerprint density at radius 1 is 1.47 bits per heavy atom. The maximum atomic E-state index is 12.1. The lowest BCUT2D eigenvalue weighted by Gasteiger charge is -2.36. The molecule has 2 rings (SSSR count). The van der Waals surface area contributed by atoms with E-state index in [-0.39, 0.29) is 30.7 Å². The van der Waals surface area contributed by atoms with Gasteiger partial charge in [-0.15, -0.1) is 0 Å². The van der Waals surface area contributed by atoms with Crippen molar-refractivity contribution in [1.29, 1.82) is 0 Å². The minimum Gasteiger partial charge on any atom is -0.444 e. The second kappa shape index (κ2) is 4.46. The van der Waals surface area contributed by atoms with Gasteiger partial charge in [0.1, 0.15) is 5.60 Å². The van der Waals surface area contributed by atoms with Crippen molar-refractivity contribution >= 4 is 6.09 Å². The molecule has 2 aliphatic heterocycles. The molecule has 2 fully saturated rings. The van der Waals surface area contributed by atoms with E-state index in [2.05, 4.69) is 0 Å². The van der Waals surface area contributed by atoms with Crippen molar-refractivity contribution in [1.82, 2.24) is 4.90 Å². The summed E-state index contributed by atoms with van der Waals surface area (Å²) in [5, 5.41) is 9.31. The van der Waals surface area contributed by atoms with Gasteiger partial charge in [-0.1, -0.05) is 0 Å². The molecule has 0 aromatic rings. The number of carbonyl (C=O) groups excluding carboxylic acids is 1. The van der Waals surface area contributed by atoms with Gasteiger partial charge < -0.3 is 14.6 Å². The van der Waals surface area contributed by atoms with Gasteiger partial charge in [0.2, 0.25) is 0 Å². The van der Waals surface area contributed by atoms with Crippen LogP contribution in [-0.4, -0.2) is 53.6 Å². The first-order valence-electron chi connectivity index (χ1n) is 6.12. The van der Waals surface area contributed by atoms with E-state index in [1.54, 1.807) is 4.90 Å². The number of aliphatic hydroxyl groups is 1. The molecule has 1 N–H and O–H groups in total. The minimum absolute atomic E-state index is 0.0337. The monoisotopic (exact) mass is 243 g/mol. The molecule has 2 saturated heterocycles. The van der Waals surface area contributed by atoms with E-state index in [4.69, 9.17) is 9.47 Å². The van der Waals surface area contributed by atoms with Crippen LogP contribution in [0.2, 0.25) is 0 Å². The molecule has 3 unspecified atom stereocenters. The standard InChI is InChI=1S/C12H21NO4/c1-12(2,3)17-11(15)13-9-4-8(5-14)10(13)7-16-6-9/h8-10,14H,4-7H2,1-3H3. The van der Waals surface area contributed by atoms with Crippen molar-refractivity contribution in [2.75, 3.05) is 19.8 Å². The Bertz CT molecular complexity index is 299. The summed E-state index contributed by atoms with van der Waals surface area (Å²) in [5.41, 5.74) is -0.483. The molecule has 0 aromatic carbocycles. The summed E-state index contributed by atoms with van der Waals surface area (Å²) >= 11 is 0. The maximum absolute atomic E-state index is 12.1. The van der Waals surface area contributed by atoms with Gasteiger partial charge in [-0.2, -0.15) is 0 Å². The quantitative estimate of drug-likeness (QED) is 0.746. The number of hydrogen-bond acceptors (Lipinski definition) is 4. The van der Waals surface area contributed by atoms with Crippen LogP contribution in [0.1, 0.15) is 27.2 Å². The summed E-state index contributed by atoms with van der Waals surface area (Å²) in [6.45, 7) is 6.72. The third-order valence-electron chi connectivity index (χ3n) is 3.31. The lowest BCUT2D eigenvalue weighted by Crippen LogP contribution is -2.51. The Balaban J connectivity index is 2.08. The molecule has 2 heterocycles. The molecule has 0 spiro atoms. The maximum Gasteiger partial charge on any atom is 0.410 e. The Hall–Kier alpha value is -0.810. The highest BCUT2D eigenvalue weighted by atomic mass is 16.6. The average Bonchev–Trinajstić information content (AvgIpc) is 2.43. The molecule has 5 heteroatoms. The average molecular weight is 243 g/mol. The highest BCUT2D eigenvalue weighted by molar-refractivity contribution is 5.69. The van der Waals surface area contributed by atoms with Crippen LogP contribution in [0.15, 0.2) is 0 Å². The van der Waals surface area contributed by atoms with Gasteiger partial charge in [0, 0.05) is 12.5 Å². The number of morpholine rings is 1. The van der Waals surface area contributed by atoms with E-state index in [1.165, 1.54) is 0 Å². The molecule has 2 aliphatic rings. The van der Waals surface area contributed by atoms with E-state index in [9.17, 15) is 9.90 Å². The van der Waals surface area contributed by atoms with Crippen molar-refractivity contribution < 1.29 is 19.4 Å². The predicted octanol–water partition coefficient (Wildman–Crippen LogP) is 1.00. The number of amides is 1. The van der Waals surface area contributed by atoms with Crippen LogP contribution in [0.4, 0.5) is 4.79 Å². The van der Waals surface area contributed by atoms with Gasteiger partial charge in [-0.05, 0) is 27.2 Å². The zero-order valence-electron chi connectivity index (χ0n) is 10.7. The second-order valence-electron chi connectivity index (χ2n) is 5.82. The number of hydrogen-bond donors (Lipinski definition) is 1. The van der Waals surface area contributed by atoms with E-state index >= 15 is 0 Å². The number of nitrogens with zero attached hydrogens (tertiary/aromatic N) is 1. The van der Waals surface area contributed by atoms with Crippen LogP contribution in [0.3, 0.4) is 0 Å². The largest absolute Gasteiger partial charge is 0.444 e. The van der Waals surface area contributed by atoms with Gasteiger partial charge in [0.15, 0.2) is 0 Å².